The molecule has 5 nitrogen and oxygen atoms in total. The predicted molar refractivity (Wildman–Crippen MR) is 81.2 cm³/mol. The molecular formula is C14H21N3O2S. The van der Waals surface area contributed by atoms with Crippen LogP contribution in [0.1, 0.15) is 25.7 Å². The number of nitrogens with one attached hydrogen (secondary N) is 1. The van der Waals surface area contributed by atoms with Gasteiger partial charge in [0, 0.05) is 26.2 Å². The quantitative estimate of drug-likeness (QED) is 0.908. The lowest BCUT2D eigenvalue weighted by molar-refractivity contribution is 0.345. The van der Waals surface area contributed by atoms with Crippen molar-refractivity contribution < 1.29 is 8.42 Å². The number of hydrogen-bond donors (Lipinski definition) is 1. The molecule has 0 aliphatic carbocycles. The summed E-state index contributed by atoms with van der Waals surface area (Å²) in [5, 5.41) is 3.31. The predicted octanol–water partition coefficient (Wildman–Crippen LogP) is 2.04. The molecule has 0 amide bonds. The van der Waals surface area contributed by atoms with Crippen LogP contribution in [0, 0.1) is 0 Å². The van der Waals surface area contributed by atoms with Crippen LogP contribution in [0.5, 0.6) is 0 Å². The normalized spacial score (nSPS) is 20.9. The Bertz CT molecular complexity index is 568. The summed E-state index contributed by atoms with van der Waals surface area (Å²) in [6, 6.07) is 7.65. The summed E-state index contributed by atoms with van der Waals surface area (Å²) in [6.07, 6.45) is 3.88. The van der Waals surface area contributed by atoms with Gasteiger partial charge in [-0.05, 0) is 31.4 Å². The van der Waals surface area contributed by atoms with E-state index in [1.807, 2.05) is 24.3 Å². The third-order valence-electron chi connectivity index (χ3n) is 3.95. The molecule has 1 saturated heterocycles. The van der Waals surface area contributed by atoms with Gasteiger partial charge >= 0.3 is 10.2 Å². The van der Waals surface area contributed by atoms with Gasteiger partial charge in [-0.1, -0.05) is 18.6 Å². The highest BCUT2D eigenvalue weighted by molar-refractivity contribution is 7.90. The number of para-hydroxylation sites is 2. The van der Waals surface area contributed by atoms with E-state index in [4.69, 9.17) is 0 Å². The van der Waals surface area contributed by atoms with Crippen molar-refractivity contribution in [3.8, 4) is 0 Å². The fourth-order valence-corrected chi connectivity index (χ4v) is 4.65. The van der Waals surface area contributed by atoms with E-state index in [1.165, 1.54) is 0 Å². The first kappa shape index (κ1) is 13.7. The average molecular weight is 295 g/mol. The van der Waals surface area contributed by atoms with Gasteiger partial charge in [-0.15, -0.1) is 0 Å². The fourth-order valence-electron chi connectivity index (χ4n) is 2.88. The topological polar surface area (TPSA) is 52.7 Å². The standard InChI is InChI=1S/C14H21N3O2S/c18-20(19,16-10-4-1-5-11-16)17-12-6-9-15-13-7-2-3-8-14(13)17/h2-3,7-8,15H,1,4-6,9-12H2. The molecule has 6 heteroatoms. The summed E-state index contributed by atoms with van der Waals surface area (Å²) in [5.41, 5.74) is 1.68. The maximum atomic E-state index is 12.9. The Morgan fingerprint density at radius 1 is 0.950 bits per heavy atom. The number of fused-ring (bicyclic) bond motifs is 1. The van der Waals surface area contributed by atoms with Crippen molar-refractivity contribution in [1.29, 1.82) is 0 Å². The van der Waals surface area contributed by atoms with Gasteiger partial charge in [0.15, 0.2) is 0 Å². The summed E-state index contributed by atoms with van der Waals surface area (Å²) in [6.45, 7) is 2.65. The molecule has 0 unspecified atom stereocenters. The van der Waals surface area contributed by atoms with E-state index in [-0.39, 0.29) is 0 Å². The van der Waals surface area contributed by atoms with E-state index >= 15 is 0 Å². The Hall–Kier alpha value is -1.27. The van der Waals surface area contributed by atoms with Crippen molar-refractivity contribution in [1.82, 2.24) is 4.31 Å². The Balaban J connectivity index is 1.96. The van der Waals surface area contributed by atoms with E-state index in [1.54, 1.807) is 8.61 Å². The van der Waals surface area contributed by atoms with E-state index in [9.17, 15) is 8.42 Å². The first-order valence-corrected chi connectivity index (χ1v) is 8.70. The molecular weight excluding hydrogens is 274 g/mol. The summed E-state index contributed by atoms with van der Waals surface area (Å²) in [7, 11) is -3.40. The largest absolute Gasteiger partial charge is 0.383 e. The van der Waals surface area contributed by atoms with E-state index < -0.39 is 10.2 Å². The van der Waals surface area contributed by atoms with Crippen molar-refractivity contribution in [2.24, 2.45) is 0 Å². The minimum absolute atomic E-state index is 0.544. The second kappa shape index (κ2) is 5.61. The molecule has 0 saturated carbocycles. The van der Waals surface area contributed by atoms with Gasteiger partial charge in [-0.2, -0.15) is 12.7 Å². The third kappa shape index (κ3) is 2.50. The van der Waals surface area contributed by atoms with Crippen molar-refractivity contribution >= 4 is 21.6 Å². The van der Waals surface area contributed by atoms with Crippen LogP contribution >= 0.6 is 0 Å². The number of nitrogens with zero attached hydrogens (tertiary/aromatic N) is 2. The third-order valence-corrected chi connectivity index (χ3v) is 5.90. The van der Waals surface area contributed by atoms with Crippen LogP contribution in [0.15, 0.2) is 24.3 Å². The Kier molecular flexibility index (Phi) is 3.85. The van der Waals surface area contributed by atoms with Crippen molar-refractivity contribution in [2.75, 3.05) is 35.8 Å². The van der Waals surface area contributed by atoms with Crippen molar-refractivity contribution in [3.05, 3.63) is 24.3 Å². The Morgan fingerprint density at radius 2 is 1.70 bits per heavy atom. The van der Waals surface area contributed by atoms with Crippen LogP contribution in [0.4, 0.5) is 11.4 Å². The zero-order chi connectivity index (χ0) is 14.0. The van der Waals surface area contributed by atoms with Crippen LogP contribution < -0.4 is 9.62 Å². The molecule has 1 N–H and O–H groups in total. The minimum Gasteiger partial charge on any atom is -0.383 e. The highest BCUT2D eigenvalue weighted by Crippen LogP contribution is 2.31. The molecule has 2 aliphatic rings. The van der Waals surface area contributed by atoms with Crippen LogP contribution in [-0.2, 0) is 10.2 Å². The molecule has 2 heterocycles. The lowest BCUT2D eigenvalue weighted by atomic mass is 10.2. The average Bonchev–Trinajstić information content (AvgIpc) is 2.71. The summed E-state index contributed by atoms with van der Waals surface area (Å²) in [4.78, 5) is 0. The number of rotatable bonds is 2. The van der Waals surface area contributed by atoms with Crippen LogP contribution in [0.2, 0.25) is 0 Å². The van der Waals surface area contributed by atoms with Gasteiger partial charge in [0.25, 0.3) is 0 Å². The van der Waals surface area contributed by atoms with Gasteiger partial charge in [0.05, 0.1) is 11.4 Å². The van der Waals surface area contributed by atoms with Gasteiger partial charge < -0.3 is 5.32 Å². The minimum atomic E-state index is -3.40. The molecule has 0 bridgehead atoms. The molecule has 2 aliphatic heterocycles. The molecule has 1 aromatic rings. The van der Waals surface area contributed by atoms with E-state index in [2.05, 4.69) is 5.32 Å². The van der Waals surface area contributed by atoms with Crippen LogP contribution in [0.3, 0.4) is 0 Å². The molecule has 3 rings (SSSR count). The second-order valence-corrected chi connectivity index (χ2v) is 7.19. The van der Waals surface area contributed by atoms with E-state index in [0.29, 0.717) is 19.6 Å². The zero-order valence-corrected chi connectivity index (χ0v) is 12.4. The van der Waals surface area contributed by atoms with Gasteiger partial charge in [0.2, 0.25) is 0 Å². The maximum Gasteiger partial charge on any atom is 0.304 e. The second-order valence-electron chi connectivity index (χ2n) is 5.34. The highest BCUT2D eigenvalue weighted by atomic mass is 32.2. The molecule has 1 aromatic carbocycles. The fraction of sp³-hybridized carbons (Fsp3) is 0.571. The van der Waals surface area contributed by atoms with E-state index in [0.717, 1.165) is 43.6 Å². The number of benzene rings is 1. The molecule has 1 fully saturated rings. The van der Waals surface area contributed by atoms with Crippen LogP contribution in [0.25, 0.3) is 0 Å². The molecule has 20 heavy (non-hydrogen) atoms. The smallest absolute Gasteiger partial charge is 0.304 e. The van der Waals surface area contributed by atoms with Crippen LogP contribution in [-0.4, -0.2) is 38.9 Å². The number of piperidine rings is 1. The Morgan fingerprint density at radius 3 is 2.50 bits per heavy atom. The van der Waals surface area contributed by atoms with Gasteiger partial charge in [-0.3, -0.25) is 4.31 Å². The molecule has 0 spiro atoms. The number of hydrogen-bond acceptors (Lipinski definition) is 3. The summed E-state index contributed by atoms with van der Waals surface area (Å²) < 4.78 is 29.0. The Labute approximate surface area is 120 Å². The van der Waals surface area contributed by atoms with Crippen molar-refractivity contribution in [3.63, 3.8) is 0 Å². The molecule has 110 valence electrons. The summed E-state index contributed by atoms with van der Waals surface area (Å²) in [5.74, 6) is 0. The van der Waals surface area contributed by atoms with Gasteiger partial charge in [-0.25, -0.2) is 0 Å². The monoisotopic (exact) mass is 295 g/mol. The highest BCUT2D eigenvalue weighted by Gasteiger charge is 2.32. The SMILES string of the molecule is O=S(=O)(N1CCCCC1)N1CCCNc2ccccc21. The lowest BCUT2D eigenvalue weighted by Gasteiger charge is -2.33. The lowest BCUT2D eigenvalue weighted by Crippen LogP contribution is -2.46. The molecule has 0 atom stereocenters. The maximum absolute atomic E-state index is 12.9. The number of anilines is 2. The first-order valence-electron chi connectivity index (χ1n) is 7.30. The molecule has 0 aromatic heterocycles. The molecule has 0 radical (unpaired) electrons. The summed E-state index contributed by atoms with van der Waals surface area (Å²) >= 11 is 0. The van der Waals surface area contributed by atoms with Crippen molar-refractivity contribution in [2.45, 2.75) is 25.7 Å². The first-order chi connectivity index (χ1) is 9.69. The zero-order valence-electron chi connectivity index (χ0n) is 11.6. The van der Waals surface area contributed by atoms with Gasteiger partial charge in [0.1, 0.15) is 0 Å².